The number of amides is 4. The van der Waals surface area contributed by atoms with Gasteiger partial charge in [-0.2, -0.15) is 0 Å². The maximum Gasteiger partial charge on any atom is 0.273 e. The molecule has 9 heteroatoms. The minimum Gasteiger partial charge on any atom is -0.274 e. The molecule has 1 saturated heterocycles. The average molecular weight is 496 g/mol. The summed E-state index contributed by atoms with van der Waals surface area (Å²) in [4.78, 5) is 53.2. The second kappa shape index (κ2) is 10.1. The molecule has 0 spiro atoms. The lowest BCUT2D eigenvalue weighted by molar-refractivity contribution is -0.128. The number of halogens is 2. The first-order valence-corrected chi connectivity index (χ1v) is 11.1. The fourth-order valence-corrected chi connectivity index (χ4v) is 3.95. The van der Waals surface area contributed by atoms with E-state index in [2.05, 4.69) is 5.43 Å². The van der Waals surface area contributed by atoms with Gasteiger partial charge in [-0.3, -0.25) is 24.6 Å². The van der Waals surface area contributed by atoms with Gasteiger partial charge in [-0.1, -0.05) is 71.7 Å². The number of hydrogen-bond donors (Lipinski definition) is 1. The summed E-state index contributed by atoms with van der Waals surface area (Å²) in [5, 5.41) is 1.39. The molecule has 1 unspecified atom stereocenters. The molecule has 7 nitrogen and oxygen atoms in total. The number of hydrazine groups is 1. The third kappa shape index (κ3) is 4.95. The first kappa shape index (κ1) is 23.5. The summed E-state index contributed by atoms with van der Waals surface area (Å²) in [6.07, 6.45) is -0.311. The molecule has 1 N–H and O–H groups in total. The highest BCUT2D eigenvalue weighted by molar-refractivity contribution is 6.42. The number of rotatable bonds is 5. The quantitative estimate of drug-likeness (QED) is 0.427. The number of nitrogens with one attached hydrogen (secondary N) is 1. The second-order valence-electron chi connectivity index (χ2n) is 7.62. The normalized spacial score (nSPS) is 15.4. The monoisotopic (exact) mass is 495 g/mol. The van der Waals surface area contributed by atoms with E-state index in [9.17, 15) is 19.2 Å². The van der Waals surface area contributed by atoms with Gasteiger partial charge in [0, 0.05) is 5.56 Å². The van der Waals surface area contributed by atoms with Gasteiger partial charge < -0.3 is 0 Å². The van der Waals surface area contributed by atoms with Crippen molar-refractivity contribution in [3.8, 4) is 0 Å². The molecule has 4 amide bonds. The van der Waals surface area contributed by atoms with Crippen molar-refractivity contribution in [1.82, 2.24) is 10.4 Å². The first-order chi connectivity index (χ1) is 16.3. The Kier molecular flexibility index (Phi) is 6.95. The smallest absolute Gasteiger partial charge is 0.273 e. The molecular formula is C25H19Cl2N3O4. The van der Waals surface area contributed by atoms with Crippen LogP contribution < -0.4 is 10.3 Å². The van der Waals surface area contributed by atoms with E-state index in [0.29, 0.717) is 0 Å². The number of benzene rings is 3. The summed E-state index contributed by atoms with van der Waals surface area (Å²) in [7, 11) is 0. The highest BCUT2D eigenvalue weighted by atomic mass is 35.5. The van der Waals surface area contributed by atoms with Crippen LogP contribution in [0.5, 0.6) is 0 Å². The molecule has 1 aliphatic heterocycles. The Hall–Kier alpha value is -3.68. The second-order valence-corrected chi connectivity index (χ2v) is 8.44. The number of anilines is 1. The molecule has 1 atom stereocenters. The maximum absolute atomic E-state index is 13.3. The molecule has 0 bridgehead atoms. The topological polar surface area (TPSA) is 86.8 Å². The number of carbonyl (C=O) groups excluding carboxylic acids is 4. The fraction of sp³-hybridized carbons (Fsp3) is 0.120. The summed E-state index contributed by atoms with van der Waals surface area (Å²) in [5.41, 5.74) is 3.77. The predicted molar refractivity (Wildman–Crippen MR) is 128 cm³/mol. The molecule has 1 aliphatic rings. The van der Waals surface area contributed by atoms with Crippen molar-refractivity contribution in [2.75, 3.05) is 4.90 Å². The number of imide groups is 1. The van der Waals surface area contributed by atoms with Crippen molar-refractivity contribution in [2.24, 2.45) is 0 Å². The molecule has 1 fully saturated rings. The zero-order valence-corrected chi connectivity index (χ0v) is 19.3. The van der Waals surface area contributed by atoms with Gasteiger partial charge >= 0.3 is 0 Å². The zero-order valence-electron chi connectivity index (χ0n) is 17.8. The van der Waals surface area contributed by atoms with Gasteiger partial charge in [0.25, 0.3) is 11.8 Å². The van der Waals surface area contributed by atoms with Crippen LogP contribution in [0.3, 0.4) is 0 Å². The SMILES string of the molecule is O=C(Cc1ccccc1)NN(C(=O)c1ccccc1)C1CC(=O)N(c2ccc(Cl)c(Cl)c2)C1=O. The van der Waals surface area contributed by atoms with Crippen LogP contribution in [-0.2, 0) is 20.8 Å². The molecule has 3 aromatic rings. The third-order valence-electron chi connectivity index (χ3n) is 5.29. The Bertz CT molecular complexity index is 1250. The van der Waals surface area contributed by atoms with Gasteiger partial charge in [-0.25, -0.2) is 9.91 Å². The van der Waals surface area contributed by atoms with Crippen LogP contribution in [0.4, 0.5) is 5.69 Å². The van der Waals surface area contributed by atoms with E-state index in [1.165, 1.54) is 18.2 Å². The minimum absolute atomic E-state index is 0.00915. The van der Waals surface area contributed by atoms with Gasteiger partial charge in [-0.15, -0.1) is 0 Å². The standard InChI is InChI=1S/C25H19Cl2N3O4/c26-19-12-11-18(14-20(19)27)29-23(32)15-21(25(29)34)30(24(33)17-9-5-2-6-10-17)28-22(31)13-16-7-3-1-4-8-16/h1-12,14,21H,13,15H2,(H,28,31). The van der Waals surface area contributed by atoms with Gasteiger partial charge in [0.15, 0.2) is 0 Å². The van der Waals surface area contributed by atoms with E-state index in [-0.39, 0.29) is 34.1 Å². The molecule has 4 rings (SSSR count). The van der Waals surface area contributed by atoms with E-state index < -0.39 is 29.7 Å². The first-order valence-electron chi connectivity index (χ1n) is 10.4. The van der Waals surface area contributed by atoms with Crippen LogP contribution in [0.1, 0.15) is 22.3 Å². The van der Waals surface area contributed by atoms with Crippen LogP contribution in [0.15, 0.2) is 78.9 Å². The molecule has 3 aromatic carbocycles. The summed E-state index contributed by atoms with van der Waals surface area (Å²) in [6, 6.07) is 20.3. The fourth-order valence-electron chi connectivity index (χ4n) is 3.66. The van der Waals surface area contributed by atoms with Crippen molar-refractivity contribution in [3.05, 3.63) is 100 Å². The highest BCUT2D eigenvalue weighted by Crippen LogP contribution is 2.31. The Morgan fingerprint density at radius 1 is 0.912 bits per heavy atom. The molecule has 1 heterocycles. The maximum atomic E-state index is 13.3. The summed E-state index contributed by atoms with van der Waals surface area (Å²) >= 11 is 12.0. The van der Waals surface area contributed by atoms with E-state index in [0.717, 1.165) is 15.5 Å². The van der Waals surface area contributed by atoms with Crippen molar-refractivity contribution in [3.63, 3.8) is 0 Å². The van der Waals surface area contributed by atoms with E-state index in [1.54, 1.807) is 54.6 Å². The Morgan fingerprint density at radius 2 is 1.56 bits per heavy atom. The molecule has 0 saturated carbocycles. The van der Waals surface area contributed by atoms with Crippen LogP contribution in [-0.4, -0.2) is 34.7 Å². The number of hydrogen-bond acceptors (Lipinski definition) is 4. The van der Waals surface area contributed by atoms with Crippen LogP contribution in [0.2, 0.25) is 10.0 Å². The molecular weight excluding hydrogens is 477 g/mol. The number of nitrogens with zero attached hydrogens (tertiary/aromatic N) is 2. The summed E-state index contributed by atoms with van der Waals surface area (Å²) in [6.45, 7) is 0. The van der Waals surface area contributed by atoms with Gasteiger partial charge in [-0.05, 0) is 35.9 Å². The van der Waals surface area contributed by atoms with Crippen LogP contribution in [0, 0.1) is 0 Å². The predicted octanol–water partition coefficient (Wildman–Crippen LogP) is 4.04. The highest BCUT2D eigenvalue weighted by Gasteiger charge is 2.45. The zero-order chi connectivity index (χ0) is 24.2. The Labute approximate surface area is 205 Å². The van der Waals surface area contributed by atoms with Gasteiger partial charge in [0.2, 0.25) is 11.8 Å². The van der Waals surface area contributed by atoms with Gasteiger partial charge in [0.05, 0.1) is 28.6 Å². The molecule has 172 valence electrons. The van der Waals surface area contributed by atoms with E-state index in [4.69, 9.17) is 23.2 Å². The van der Waals surface area contributed by atoms with Crippen molar-refractivity contribution >= 4 is 52.5 Å². The lowest BCUT2D eigenvalue weighted by atomic mass is 10.1. The van der Waals surface area contributed by atoms with E-state index in [1.807, 2.05) is 6.07 Å². The third-order valence-corrected chi connectivity index (χ3v) is 6.03. The lowest BCUT2D eigenvalue weighted by Gasteiger charge is -2.28. The van der Waals surface area contributed by atoms with E-state index >= 15 is 0 Å². The largest absolute Gasteiger partial charge is 0.274 e. The number of carbonyl (C=O) groups is 4. The Balaban J connectivity index is 1.63. The minimum atomic E-state index is -1.23. The van der Waals surface area contributed by atoms with Gasteiger partial charge in [0.1, 0.15) is 6.04 Å². The molecule has 0 aromatic heterocycles. The van der Waals surface area contributed by atoms with Crippen LogP contribution >= 0.6 is 23.2 Å². The Morgan fingerprint density at radius 3 is 2.21 bits per heavy atom. The molecule has 0 radical (unpaired) electrons. The van der Waals surface area contributed by atoms with Crippen molar-refractivity contribution < 1.29 is 19.2 Å². The average Bonchev–Trinajstić information content (AvgIpc) is 3.13. The summed E-state index contributed by atoms with van der Waals surface area (Å²) < 4.78 is 0. The van der Waals surface area contributed by atoms with Crippen LogP contribution in [0.25, 0.3) is 0 Å². The summed E-state index contributed by atoms with van der Waals surface area (Å²) in [5.74, 6) is -2.29. The van der Waals surface area contributed by atoms with Crippen molar-refractivity contribution in [1.29, 1.82) is 0 Å². The lowest BCUT2D eigenvalue weighted by Crippen LogP contribution is -2.55. The van der Waals surface area contributed by atoms with Crippen molar-refractivity contribution in [2.45, 2.75) is 18.9 Å². The molecule has 34 heavy (non-hydrogen) atoms. The molecule has 0 aliphatic carbocycles.